The highest BCUT2D eigenvalue weighted by atomic mass is 16.5. The molecule has 0 bridgehead atoms. The zero-order valence-electron chi connectivity index (χ0n) is 8.51. The molecule has 0 unspecified atom stereocenters. The quantitative estimate of drug-likeness (QED) is 0.733. The number of aromatic nitrogens is 4. The number of ether oxygens (including phenoxy) is 1. The Kier molecular flexibility index (Phi) is 2.53. The monoisotopic (exact) mass is 202 g/mol. The zero-order chi connectivity index (χ0) is 10.7. The molecule has 0 N–H and O–H groups in total. The van der Waals surface area contributed by atoms with Gasteiger partial charge in [-0.25, -0.2) is 4.98 Å². The van der Waals surface area contributed by atoms with Crippen molar-refractivity contribution in [1.82, 2.24) is 20.2 Å². The average Bonchev–Trinajstić information content (AvgIpc) is 2.30. The number of aryl methyl sites for hydroxylation is 1. The molecule has 0 amide bonds. The molecule has 0 fully saturated rings. The summed E-state index contributed by atoms with van der Waals surface area (Å²) in [6.07, 6.45) is 3.31. The number of hydrogen-bond donors (Lipinski definition) is 0. The highest BCUT2D eigenvalue weighted by Crippen LogP contribution is 2.19. The molecule has 0 atom stereocenters. The first-order chi connectivity index (χ1) is 7.31. The first kappa shape index (κ1) is 9.51. The molecule has 0 aliphatic heterocycles. The summed E-state index contributed by atoms with van der Waals surface area (Å²) >= 11 is 0. The second kappa shape index (κ2) is 4.00. The fourth-order valence-corrected chi connectivity index (χ4v) is 1.24. The third kappa shape index (κ3) is 1.90. The first-order valence-electron chi connectivity index (χ1n) is 4.47. The van der Waals surface area contributed by atoms with E-state index in [-0.39, 0.29) is 0 Å². The molecule has 15 heavy (non-hydrogen) atoms. The van der Waals surface area contributed by atoms with E-state index in [1.165, 1.54) is 7.11 Å². The van der Waals surface area contributed by atoms with Gasteiger partial charge in [0.15, 0.2) is 0 Å². The Hall–Kier alpha value is -2.04. The van der Waals surface area contributed by atoms with Crippen molar-refractivity contribution in [3.05, 3.63) is 30.2 Å². The van der Waals surface area contributed by atoms with Crippen LogP contribution in [0.2, 0.25) is 0 Å². The summed E-state index contributed by atoms with van der Waals surface area (Å²) in [6, 6.07) is 4.05. The Labute approximate surface area is 87.2 Å². The van der Waals surface area contributed by atoms with Gasteiger partial charge in [-0.1, -0.05) is 0 Å². The van der Waals surface area contributed by atoms with Gasteiger partial charge in [0.1, 0.15) is 0 Å². The van der Waals surface area contributed by atoms with Crippen LogP contribution in [0, 0.1) is 6.92 Å². The minimum atomic E-state index is 0.361. The van der Waals surface area contributed by atoms with Crippen LogP contribution in [0.3, 0.4) is 0 Å². The molecule has 2 aromatic heterocycles. The Morgan fingerprint density at radius 1 is 1.33 bits per heavy atom. The van der Waals surface area contributed by atoms with E-state index in [9.17, 15) is 0 Å². The number of nitrogens with zero attached hydrogens (tertiary/aromatic N) is 4. The van der Waals surface area contributed by atoms with Crippen LogP contribution in [0.5, 0.6) is 6.01 Å². The lowest BCUT2D eigenvalue weighted by molar-refractivity contribution is 0.379. The van der Waals surface area contributed by atoms with E-state index in [0.29, 0.717) is 6.01 Å². The van der Waals surface area contributed by atoms with Crippen molar-refractivity contribution in [3.63, 3.8) is 0 Å². The fourth-order valence-electron chi connectivity index (χ4n) is 1.24. The molecule has 0 aliphatic carbocycles. The van der Waals surface area contributed by atoms with Crippen molar-refractivity contribution in [2.75, 3.05) is 7.11 Å². The Morgan fingerprint density at radius 2 is 2.20 bits per heavy atom. The molecule has 0 saturated heterocycles. The van der Waals surface area contributed by atoms with Crippen LogP contribution in [0.1, 0.15) is 5.69 Å². The molecule has 2 rings (SSSR count). The van der Waals surface area contributed by atoms with Gasteiger partial charge in [-0.3, -0.25) is 0 Å². The van der Waals surface area contributed by atoms with Crippen molar-refractivity contribution < 1.29 is 4.74 Å². The molecule has 0 saturated carbocycles. The summed E-state index contributed by atoms with van der Waals surface area (Å²) in [5.41, 5.74) is 2.45. The van der Waals surface area contributed by atoms with Gasteiger partial charge < -0.3 is 4.74 Å². The van der Waals surface area contributed by atoms with Crippen molar-refractivity contribution in [3.8, 4) is 17.3 Å². The van der Waals surface area contributed by atoms with Gasteiger partial charge in [-0.15, -0.1) is 0 Å². The van der Waals surface area contributed by atoms with Crippen LogP contribution in [0.4, 0.5) is 0 Å². The molecule has 0 aromatic carbocycles. The molecule has 5 nitrogen and oxygen atoms in total. The van der Waals surface area contributed by atoms with Crippen LogP contribution in [-0.2, 0) is 0 Å². The Bertz CT molecular complexity index is 458. The molecular formula is C10H10N4O. The van der Waals surface area contributed by atoms with Gasteiger partial charge in [0, 0.05) is 18.0 Å². The predicted molar refractivity (Wildman–Crippen MR) is 54.3 cm³/mol. The lowest BCUT2D eigenvalue weighted by Crippen LogP contribution is -1.97. The molecular weight excluding hydrogens is 192 g/mol. The lowest BCUT2D eigenvalue weighted by atomic mass is 10.2. The van der Waals surface area contributed by atoms with Gasteiger partial charge in [0.05, 0.1) is 18.5 Å². The average molecular weight is 202 g/mol. The van der Waals surface area contributed by atoms with Crippen LogP contribution in [0.25, 0.3) is 11.3 Å². The van der Waals surface area contributed by atoms with Crippen LogP contribution in [0.15, 0.2) is 24.5 Å². The summed E-state index contributed by atoms with van der Waals surface area (Å²) < 4.78 is 4.93. The molecule has 0 radical (unpaired) electrons. The second-order valence-corrected chi connectivity index (χ2v) is 2.96. The predicted octanol–water partition coefficient (Wildman–Crippen LogP) is 1.25. The number of hydrogen-bond acceptors (Lipinski definition) is 5. The lowest BCUT2D eigenvalue weighted by Gasteiger charge is -2.04. The van der Waals surface area contributed by atoms with Crippen LogP contribution >= 0.6 is 0 Å². The molecule has 2 heterocycles. The van der Waals surface area contributed by atoms with Gasteiger partial charge in [0.25, 0.3) is 0 Å². The van der Waals surface area contributed by atoms with E-state index < -0.39 is 0 Å². The number of rotatable bonds is 2. The summed E-state index contributed by atoms with van der Waals surface area (Å²) in [5, 5.41) is 7.80. The van der Waals surface area contributed by atoms with Gasteiger partial charge in [-0.2, -0.15) is 15.2 Å². The highest BCUT2D eigenvalue weighted by molar-refractivity contribution is 5.59. The van der Waals surface area contributed by atoms with Crippen LogP contribution < -0.4 is 4.74 Å². The minimum absolute atomic E-state index is 0.361. The summed E-state index contributed by atoms with van der Waals surface area (Å²) in [6.45, 7) is 1.88. The maximum Gasteiger partial charge on any atom is 0.316 e. The summed E-state index contributed by atoms with van der Waals surface area (Å²) in [7, 11) is 1.54. The maximum absolute atomic E-state index is 4.93. The van der Waals surface area contributed by atoms with E-state index in [0.717, 1.165) is 17.0 Å². The maximum atomic E-state index is 4.93. The molecule has 76 valence electrons. The third-order valence-corrected chi connectivity index (χ3v) is 1.99. The van der Waals surface area contributed by atoms with Crippen LogP contribution in [-0.4, -0.2) is 27.3 Å². The smallest absolute Gasteiger partial charge is 0.316 e. The second-order valence-electron chi connectivity index (χ2n) is 2.96. The van der Waals surface area contributed by atoms with E-state index in [4.69, 9.17) is 4.74 Å². The van der Waals surface area contributed by atoms with Gasteiger partial charge >= 0.3 is 6.01 Å². The van der Waals surface area contributed by atoms with E-state index >= 15 is 0 Å². The number of methoxy groups -OCH3 is 1. The summed E-state index contributed by atoms with van der Waals surface area (Å²) in [5.74, 6) is 0. The minimum Gasteiger partial charge on any atom is -0.467 e. The standard InChI is InChI=1S/C10H10N4O/c1-7-8(6-11-10(13-7)15-2)9-4-3-5-12-14-9/h3-6H,1-2H3. The molecule has 2 aromatic rings. The van der Waals surface area contributed by atoms with Crippen molar-refractivity contribution in [2.24, 2.45) is 0 Å². The molecule has 5 heteroatoms. The van der Waals surface area contributed by atoms with Crippen molar-refractivity contribution in [1.29, 1.82) is 0 Å². The third-order valence-electron chi connectivity index (χ3n) is 1.99. The van der Waals surface area contributed by atoms with E-state index in [2.05, 4.69) is 20.2 Å². The van der Waals surface area contributed by atoms with Gasteiger partial charge in [0.2, 0.25) is 0 Å². The Balaban J connectivity index is 2.46. The summed E-state index contributed by atoms with van der Waals surface area (Å²) in [4.78, 5) is 8.20. The van der Waals surface area contributed by atoms with E-state index in [1.807, 2.05) is 19.1 Å². The molecule has 0 spiro atoms. The zero-order valence-corrected chi connectivity index (χ0v) is 8.51. The largest absolute Gasteiger partial charge is 0.467 e. The topological polar surface area (TPSA) is 60.8 Å². The normalized spacial score (nSPS) is 10.0. The SMILES string of the molecule is COc1ncc(-c2cccnn2)c(C)n1. The first-order valence-corrected chi connectivity index (χ1v) is 4.47. The van der Waals surface area contributed by atoms with Crippen molar-refractivity contribution >= 4 is 0 Å². The van der Waals surface area contributed by atoms with E-state index in [1.54, 1.807) is 12.4 Å². The van der Waals surface area contributed by atoms with Crippen molar-refractivity contribution in [2.45, 2.75) is 6.92 Å². The Morgan fingerprint density at radius 3 is 2.80 bits per heavy atom. The highest BCUT2D eigenvalue weighted by Gasteiger charge is 2.06. The fraction of sp³-hybridized carbons (Fsp3) is 0.200. The van der Waals surface area contributed by atoms with Gasteiger partial charge in [-0.05, 0) is 19.1 Å². The molecule has 0 aliphatic rings.